The molecule has 30 nitrogen and oxygen atoms in total. The molecule has 32 heteroatoms. The van der Waals surface area contributed by atoms with Crippen LogP contribution >= 0.6 is 0 Å². The number of ether oxygens (including phenoxy) is 2. The molecule has 4 fully saturated rings. The van der Waals surface area contributed by atoms with Crippen LogP contribution < -0.4 is 52.0 Å². The third-order valence-electron chi connectivity index (χ3n) is 21.9. The van der Waals surface area contributed by atoms with E-state index in [1.807, 2.05) is 109 Å². The molecule has 0 saturated heterocycles. The molecule has 8 heterocycles. The molecule has 626 valence electrons. The number of pyridine rings is 4. The van der Waals surface area contributed by atoms with Gasteiger partial charge in [-0.05, 0) is 161 Å². The second-order valence-corrected chi connectivity index (χ2v) is 33.0. The highest BCUT2D eigenvalue weighted by Crippen LogP contribution is 2.43. The van der Waals surface area contributed by atoms with Crippen molar-refractivity contribution in [3.8, 4) is 41.8 Å². The van der Waals surface area contributed by atoms with Gasteiger partial charge in [0.1, 0.15) is 81.2 Å². The fraction of sp³-hybridized carbons (Fsp3) is 0.471. The van der Waals surface area contributed by atoms with Crippen LogP contribution in [0.25, 0.3) is 0 Å². The van der Waals surface area contributed by atoms with Crippen LogP contribution in [0.3, 0.4) is 0 Å². The Kier molecular flexibility index (Phi) is 30.2. The van der Waals surface area contributed by atoms with E-state index in [0.717, 1.165) is 85.6 Å². The predicted molar refractivity (Wildman–Crippen MR) is 450 cm³/mol. The van der Waals surface area contributed by atoms with Crippen molar-refractivity contribution in [2.75, 3.05) is 49.1 Å². The fourth-order valence-electron chi connectivity index (χ4n) is 14.5. The number of anilines is 8. The molecule has 4 saturated carbocycles. The van der Waals surface area contributed by atoms with Crippen molar-refractivity contribution in [3.63, 3.8) is 0 Å². The molecule has 0 spiro atoms. The molecular weight excluding hydrogens is 1520 g/mol. The van der Waals surface area contributed by atoms with Gasteiger partial charge in [-0.3, -0.25) is 9.97 Å². The van der Waals surface area contributed by atoms with Crippen molar-refractivity contribution in [1.29, 1.82) is 21.0 Å². The second kappa shape index (κ2) is 40.3. The first-order chi connectivity index (χ1) is 56.8. The summed E-state index contributed by atoms with van der Waals surface area (Å²) in [6.07, 6.45) is 19.7. The minimum absolute atomic E-state index is 0.0574. The number of nitrogens with one attached hydrogen (secondary N) is 8. The average molecular weight is 1620 g/mol. The van der Waals surface area contributed by atoms with Crippen molar-refractivity contribution in [3.05, 3.63) is 184 Å². The number of aryl methyl sites for hydroxylation is 1. The number of alkyl halides is 2. The lowest BCUT2D eigenvalue weighted by atomic mass is 9.64. The van der Waals surface area contributed by atoms with Crippen LogP contribution in [0.15, 0.2) is 122 Å². The number of hydrogen-bond acceptors (Lipinski definition) is 30. The minimum Gasteiger partial charge on any atom is -0.478 e. The Hall–Kier alpha value is -12.2. The van der Waals surface area contributed by atoms with E-state index in [4.69, 9.17) is 9.47 Å². The smallest absolute Gasteiger partial charge is 0.287 e. The number of hydrogen-bond donors (Lipinski definition) is 12. The van der Waals surface area contributed by atoms with Gasteiger partial charge in [-0.1, -0.05) is 91.8 Å². The molecule has 0 aliphatic heterocycles. The van der Waals surface area contributed by atoms with Gasteiger partial charge in [0.2, 0.25) is 35.6 Å². The van der Waals surface area contributed by atoms with E-state index in [2.05, 4.69) is 154 Å². The van der Waals surface area contributed by atoms with Gasteiger partial charge in [-0.15, -0.1) is 0 Å². The molecule has 12 N–H and O–H groups in total. The third-order valence-corrected chi connectivity index (χ3v) is 21.9. The highest BCUT2D eigenvalue weighted by Gasteiger charge is 2.48. The van der Waals surface area contributed by atoms with E-state index < -0.39 is 11.5 Å². The van der Waals surface area contributed by atoms with Crippen molar-refractivity contribution in [2.24, 2.45) is 16.2 Å². The maximum absolute atomic E-state index is 13.8. The van der Waals surface area contributed by atoms with Gasteiger partial charge in [-0.25, -0.2) is 29.9 Å². The standard InChI is InChI=1S/C25H28N6O2.C21H26F2N6O.C21H28N6O2.C20H26N6O/c1-17-5-3-7-21(13-17)33-23-18(6-4-12-27-23)15-28-24-29-16-19(14-26)22(31-24)30-20-8-10-25(2,32)11-9-20;1-20(2)9-15(6-7-16(20)30)28-18-14(10-24)12-27-19(29-18)26-11-13-5-4-8-25-17(13)21(3,22)23;1-4-29-19-14(6-5-9-23-19)12-24-20-25-13-15(11-22)18(27-20)26-16-7-8-17(28)21(2,3)10-16;1-12(2)17-13(6-5-7-22-17)10-23-19-24-11-14(9-21)18(26-19)25-15-8-16(27)20(15,3)4/h3-7,12-13,16,20,32H,8-11,15H2,1-2H3,(H2,28,29,30,31);4-5,8,12,15-16,30H,6-7,9,11H2,1-3H3,(H2,26,27,28,29);5-6,9,13,16-17,28H,4,7-8,10,12H2,1-3H3,(H2,24,25,26,27);5-7,11-12,15-16,27H,8,10H2,1-4H3,(H2,23,24,25,26)/t;15-,16+;16-,17+;15-,16+/m.111/s1. The number of rotatable bonds is 26. The van der Waals surface area contributed by atoms with Gasteiger partial charge in [0, 0.05) is 104 Å². The summed E-state index contributed by atoms with van der Waals surface area (Å²) in [4.78, 5) is 51.7. The largest absolute Gasteiger partial charge is 0.478 e. The maximum atomic E-state index is 13.8. The SMILES string of the molecule is CC(C)c1ncccc1CNc1ncc(C#N)c(N[C@@H]2C[C@H](O)C2(C)C)n1.CC(F)(F)c1ncccc1CNc1ncc(C#N)c(N[C@@H]2CC[C@H](O)C(C)(C)C2)n1.CCOc1ncccc1CNc1ncc(C#N)c(N[C@@H]2CC[C@H](O)C(C)(C)C2)n1.Cc1cccc(Oc2ncccc2CNc2ncc(C#N)c(NC3CCC(C)(O)CC3)n2)c1. The van der Waals surface area contributed by atoms with Crippen LogP contribution in [-0.4, -0.2) is 135 Å². The lowest BCUT2D eigenvalue weighted by Gasteiger charge is -2.49. The van der Waals surface area contributed by atoms with Crippen molar-refractivity contribution >= 4 is 47.1 Å². The Morgan fingerprint density at radius 1 is 0.504 bits per heavy atom. The molecule has 0 bridgehead atoms. The normalized spacial score (nSPS) is 20.5. The number of aromatic nitrogens is 12. The third kappa shape index (κ3) is 24.7. The summed E-state index contributed by atoms with van der Waals surface area (Å²) in [5.74, 6) is 2.49. The number of aliphatic hydroxyl groups excluding tert-OH is 3. The zero-order valence-electron chi connectivity index (χ0n) is 69.5. The van der Waals surface area contributed by atoms with Crippen LogP contribution in [0.2, 0.25) is 0 Å². The second-order valence-electron chi connectivity index (χ2n) is 33.0. The van der Waals surface area contributed by atoms with Crippen molar-refractivity contribution in [2.45, 2.75) is 240 Å². The summed E-state index contributed by atoms with van der Waals surface area (Å²) in [6, 6.07) is 31.4. The van der Waals surface area contributed by atoms with E-state index in [1.54, 1.807) is 30.7 Å². The monoisotopic (exact) mass is 1620 g/mol. The summed E-state index contributed by atoms with van der Waals surface area (Å²) in [6.45, 7) is 25.0. The molecule has 119 heavy (non-hydrogen) atoms. The quantitative estimate of drug-likeness (QED) is 0.0239. The lowest BCUT2D eigenvalue weighted by molar-refractivity contribution is -0.0511. The van der Waals surface area contributed by atoms with Gasteiger partial charge in [0.05, 0.1) is 55.3 Å². The Bertz CT molecular complexity index is 5070. The maximum Gasteiger partial charge on any atom is 0.287 e. The van der Waals surface area contributed by atoms with Crippen LogP contribution in [0.1, 0.15) is 214 Å². The summed E-state index contributed by atoms with van der Waals surface area (Å²) >= 11 is 0. The first kappa shape index (κ1) is 89.2. The molecule has 8 aromatic heterocycles. The van der Waals surface area contributed by atoms with Crippen LogP contribution in [-0.2, 0) is 32.1 Å². The number of nitrogens with zero attached hydrogens (tertiary/aromatic N) is 16. The Balaban J connectivity index is 0.000000167. The minimum atomic E-state index is -3.06. The van der Waals surface area contributed by atoms with Gasteiger partial charge in [-0.2, -0.15) is 49.8 Å². The first-order valence-electron chi connectivity index (χ1n) is 40.1. The van der Waals surface area contributed by atoms with Crippen LogP contribution in [0.4, 0.5) is 55.8 Å². The Morgan fingerprint density at radius 3 is 1.34 bits per heavy atom. The molecule has 0 unspecified atom stereocenters. The molecule has 0 amide bonds. The van der Waals surface area contributed by atoms with Crippen molar-refractivity contribution in [1.82, 2.24) is 59.8 Å². The molecule has 4 aliphatic rings. The van der Waals surface area contributed by atoms with Gasteiger partial charge in [0.25, 0.3) is 5.92 Å². The van der Waals surface area contributed by atoms with Gasteiger partial charge < -0.3 is 72.4 Å². The number of nitriles is 4. The predicted octanol–water partition coefficient (Wildman–Crippen LogP) is 14.5. The summed E-state index contributed by atoms with van der Waals surface area (Å²) < 4.78 is 39.1. The van der Waals surface area contributed by atoms with Gasteiger partial charge >= 0.3 is 0 Å². The first-order valence-corrected chi connectivity index (χ1v) is 40.1. The fourth-order valence-corrected chi connectivity index (χ4v) is 14.5. The lowest BCUT2D eigenvalue weighted by Crippen LogP contribution is -2.57. The zero-order valence-corrected chi connectivity index (χ0v) is 69.5. The van der Waals surface area contributed by atoms with Gasteiger partial charge in [0.15, 0.2) is 0 Å². The van der Waals surface area contributed by atoms with E-state index >= 15 is 0 Å². The molecule has 9 aromatic rings. The van der Waals surface area contributed by atoms with E-state index in [0.29, 0.717) is 139 Å². The number of halogens is 2. The number of aliphatic hydroxyl groups is 4. The molecular formula is C87H108F2N24O6. The molecule has 13 rings (SSSR count). The topological polar surface area (TPSA) is 445 Å². The molecule has 6 atom stereocenters. The summed E-state index contributed by atoms with van der Waals surface area (Å²) in [5, 5.41) is 104. The highest BCUT2D eigenvalue weighted by molar-refractivity contribution is 5.58. The van der Waals surface area contributed by atoms with E-state index in [1.165, 1.54) is 31.0 Å². The van der Waals surface area contributed by atoms with E-state index in [9.17, 15) is 50.3 Å². The van der Waals surface area contributed by atoms with Crippen molar-refractivity contribution < 1.29 is 38.7 Å². The molecule has 1 aromatic carbocycles. The summed E-state index contributed by atoms with van der Waals surface area (Å²) in [5.41, 5.74) is 5.25. The summed E-state index contributed by atoms with van der Waals surface area (Å²) in [7, 11) is 0. The molecule has 4 aliphatic carbocycles. The van der Waals surface area contributed by atoms with E-state index in [-0.39, 0.29) is 76.9 Å². The van der Waals surface area contributed by atoms with Crippen LogP contribution in [0, 0.1) is 68.5 Å². The highest BCUT2D eigenvalue weighted by atomic mass is 19.3. The average Bonchev–Trinajstić information content (AvgIpc) is 0.766. The number of benzene rings is 1. The Morgan fingerprint density at radius 2 is 0.916 bits per heavy atom. The van der Waals surface area contributed by atoms with Crippen LogP contribution in [0.5, 0.6) is 17.5 Å². The molecule has 0 radical (unpaired) electrons. The zero-order chi connectivity index (χ0) is 85.7. The Labute approximate surface area is 694 Å².